The average Bonchev–Trinajstić information content (AvgIpc) is 3.08. The van der Waals surface area contributed by atoms with Gasteiger partial charge in [-0.05, 0) is 31.2 Å². The maximum Gasteiger partial charge on any atom is 0.256 e. The molecule has 5 nitrogen and oxygen atoms in total. The van der Waals surface area contributed by atoms with Crippen molar-refractivity contribution in [2.45, 2.75) is 26.1 Å². The maximum absolute atomic E-state index is 13.6. The van der Waals surface area contributed by atoms with Crippen LogP contribution in [0.1, 0.15) is 23.1 Å². The van der Waals surface area contributed by atoms with Crippen molar-refractivity contribution in [2.75, 3.05) is 0 Å². The van der Waals surface area contributed by atoms with E-state index in [0.717, 1.165) is 6.07 Å². The Balaban J connectivity index is 1.66. The van der Waals surface area contributed by atoms with Crippen LogP contribution in [-0.2, 0) is 13.1 Å². The molecule has 0 fully saturated rings. The Hall–Kier alpha value is -2.51. The summed E-state index contributed by atoms with van der Waals surface area (Å²) < 4.78 is 29.0. The predicted molar refractivity (Wildman–Crippen MR) is 101 cm³/mol. The first kappa shape index (κ1) is 18.8. The molecule has 0 radical (unpaired) electrons. The van der Waals surface area contributed by atoms with Crippen LogP contribution in [0, 0.1) is 11.6 Å². The van der Waals surface area contributed by atoms with Gasteiger partial charge in [0.2, 0.25) is 0 Å². The van der Waals surface area contributed by atoms with Gasteiger partial charge in [0.15, 0.2) is 11.6 Å². The molecule has 1 atom stereocenters. The number of hydrogen-bond acceptors (Lipinski definition) is 3. The van der Waals surface area contributed by atoms with Crippen LogP contribution in [0.2, 0.25) is 10.0 Å². The minimum Gasteiger partial charge on any atom is -0.327 e. The molecule has 0 bridgehead atoms. The van der Waals surface area contributed by atoms with Gasteiger partial charge in [-0.1, -0.05) is 35.3 Å². The fraction of sp³-hybridized carbons (Fsp3) is 0.211. The zero-order valence-electron chi connectivity index (χ0n) is 14.7. The number of halogens is 4. The molecule has 0 aliphatic carbocycles. The lowest BCUT2D eigenvalue weighted by Crippen LogP contribution is -2.45. The summed E-state index contributed by atoms with van der Waals surface area (Å²) in [6, 6.07) is 8.31. The van der Waals surface area contributed by atoms with E-state index in [-0.39, 0.29) is 39.9 Å². The van der Waals surface area contributed by atoms with E-state index in [4.69, 9.17) is 23.2 Å². The van der Waals surface area contributed by atoms with Crippen LogP contribution in [0.15, 0.2) is 36.4 Å². The minimum absolute atomic E-state index is 0.119. The lowest BCUT2D eigenvalue weighted by molar-refractivity contribution is 0.0612. The number of fused-ring (bicyclic) bond motifs is 1. The Morgan fingerprint density at radius 1 is 1.14 bits per heavy atom. The number of nitrogens with zero attached hydrogens (tertiary/aromatic N) is 4. The number of aromatic nitrogens is 3. The molecule has 4 rings (SSSR count). The van der Waals surface area contributed by atoms with Crippen molar-refractivity contribution in [1.29, 1.82) is 0 Å². The van der Waals surface area contributed by atoms with Crippen molar-refractivity contribution in [1.82, 2.24) is 19.7 Å². The van der Waals surface area contributed by atoms with Gasteiger partial charge >= 0.3 is 0 Å². The highest BCUT2D eigenvalue weighted by Gasteiger charge is 2.32. The van der Waals surface area contributed by atoms with Crippen LogP contribution in [0.5, 0.6) is 0 Å². The second-order valence-corrected chi connectivity index (χ2v) is 7.32. The highest BCUT2D eigenvalue weighted by molar-refractivity contribution is 6.43. The number of benzene rings is 2. The van der Waals surface area contributed by atoms with Crippen molar-refractivity contribution >= 4 is 29.1 Å². The zero-order valence-corrected chi connectivity index (χ0v) is 16.2. The summed E-state index contributed by atoms with van der Waals surface area (Å²) in [4.78, 5) is 14.6. The fourth-order valence-electron chi connectivity index (χ4n) is 3.27. The van der Waals surface area contributed by atoms with E-state index in [0.29, 0.717) is 23.8 Å². The highest BCUT2D eigenvalue weighted by atomic mass is 35.5. The van der Waals surface area contributed by atoms with Crippen LogP contribution in [0.4, 0.5) is 8.78 Å². The van der Waals surface area contributed by atoms with E-state index in [9.17, 15) is 13.6 Å². The van der Waals surface area contributed by atoms with Gasteiger partial charge in [0.1, 0.15) is 11.6 Å². The van der Waals surface area contributed by atoms with E-state index < -0.39 is 5.82 Å². The van der Waals surface area contributed by atoms with Crippen LogP contribution in [0.3, 0.4) is 0 Å². The summed E-state index contributed by atoms with van der Waals surface area (Å²) in [5.74, 6) is -0.319. The summed E-state index contributed by atoms with van der Waals surface area (Å²) in [6.45, 7) is 2.48. The Kier molecular flexibility index (Phi) is 4.81. The van der Waals surface area contributed by atoms with Gasteiger partial charge in [0, 0.05) is 18.2 Å². The average molecular weight is 423 g/mol. The van der Waals surface area contributed by atoms with Crippen molar-refractivity contribution < 1.29 is 13.6 Å². The lowest BCUT2D eigenvalue weighted by Gasteiger charge is -2.34. The molecule has 28 heavy (non-hydrogen) atoms. The lowest BCUT2D eigenvalue weighted by atomic mass is 10.1. The van der Waals surface area contributed by atoms with E-state index in [1.54, 1.807) is 17.0 Å². The standard InChI is InChI=1S/C19H14Cl2F2N4O/c1-10-8-27-15(24-25-18(27)11-3-2-4-12(22)7-11)9-26(10)19(28)13-5-6-14(23)17(21)16(13)20/h2-7,10H,8-9H2,1H3/t10-/m0/s1. The summed E-state index contributed by atoms with van der Waals surface area (Å²) in [7, 11) is 0. The predicted octanol–water partition coefficient (Wildman–Crippen LogP) is 4.57. The van der Waals surface area contributed by atoms with E-state index in [2.05, 4.69) is 10.2 Å². The molecule has 0 N–H and O–H groups in total. The molecule has 2 aromatic carbocycles. The van der Waals surface area contributed by atoms with E-state index in [1.165, 1.54) is 18.2 Å². The number of hydrogen-bond donors (Lipinski definition) is 0. The van der Waals surface area contributed by atoms with Crippen molar-refractivity contribution in [2.24, 2.45) is 0 Å². The molecule has 144 valence electrons. The molecule has 9 heteroatoms. The number of carbonyl (C=O) groups excluding carboxylic acids is 1. The van der Waals surface area contributed by atoms with Gasteiger partial charge in [-0.3, -0.25) is 4.79 Å². The van der Waals surface area contributed by atoms with Crippen LogP contribution in [0.25, 0.3) is 11.4 Å². The Morgan fingerprint density at radius 3 is 2.68 bits per heavy atom. The Bertz CT molecular complexity index is 1090. The van der Waals surface area contributed by atoms with Crippen LogP contribution < -0.4 is 0 Å². The number of amides is 1. The normalized spacial score (nSPS) is 16.2. The van der Waals surface area contributed by atoms with Gasteiger partial charge in [-0.2, -0.15) is 0 Å². The molecule has 1 amide bonds. The molecule has 2 heterocycles. The molecule has 1 aliphatic rings. The van der Waals surface area contributed by atoms with E-state index in [1.807, 2.05) is 11.5 Å². The number of carbonyl (C=O) groups is 1. The van der Waals surface area contributed by atoms with Crippen molar-refractivity contribution in [3.05, 3.63) is 69.5 Å². The third-order valence-corrected chi connectivity index (χ3v) is 5.59. The Labute approximate surface area is 169 Å². The van der Waals surface area contributed by atoms with Gasteiger partial charge in [-0.25, -0.2) is 8.78 Å². The molecule has 1 aromatic heterocycles. The smallest absolute Gasteiger partial charge is 0.256 e. The van der Waals surface area contributed by atoms with Crippen molar-refractivity contribution in [3.8, 4) is 11.4 Å². The first-order chi connectivity index (χ1) is 13.4. The molecule has 3 aromatic rings. The number of rotatable bonds is 2. The third kappa shape index (κ3) is 3.14. The minimum atomic E-state index is -0.686. The summed E-state index contributed by atoms with van der Waals surface area (Å²) >= 11 is 11.9. The second kappa shape index (κ2) is 7.14. The SMILES string of the molecule is C[C@H]1Cn2c(nnc2-c2cccc(F)c2)CN1C(=O)c1ccc(F)c(Cl)c1Cl. The Morgan fingerprint density at radius 2 is 1.93 bits per heavy atom. The van der Waals surface area contributed by atoms with Crippen LogP contribution in [-0.4, -0.2) is 31.6 Å². The molecule has 0 saturated heterocycles. The quantitative estimate of drug-likeness (QED) is 0.568. The first-order valence-corrected chi connectivity index (χ1v) is 9.25. The molecule has 0 saturated carbocycles. The topological polar surface area (TPSA) is 51.0 Å². The van der Waals surface area contributed by atoms with Gasteiger partial charge in [-0.15, -0.1) is 10.2 Å². The third-order valence-electron chi connectivity index (χ3n) is 4.73. The molecule has 0 spiro atoms. The van der Waals surface area contributed by atoms with Gasteiger partial charge in [0.25, 0.3) is 5.91 Å². The molecule has 1 aliphatic heterocycles. The molecular weight excluding hydrogens is 409 g/mol. The highest BCUT2D eigenvalue weighted by Crippen LogP contribution is 2.31. The second-order valence-electron chi connectivity index (χ2n) is 6.57. The fourth-order valence-corrected chi connectivity index (χ4v) is 3.67. The summed E-state index contributed by atoms with van der Waals surface area (Å²) in [5, 5.41) is 7.92. The van der Waals surface area contributed by atoms with E-state index >= 15 is 0 Å². The zero-order chi connectivity index (χ0) is 20.0. The largest absolute Gasteiger partial charge is 0.327 e. The van der Waals surface area contributed by atoms with Crippen LogP contribution >= 0.6 is 23.2 Å². The maximum atomic E-state index is 13.6. The molecule has 0 unspecified atom stereocenters. The van der Waals surface area contributed by atoms with Gasteiger partial charge in [0.05, 0.1) is 22.2 Å². The summed E-state index contributed by atoms with van der Waals surface area (Å²) in [6.07, 6.45) is 0. The molecular formula is C19H14Cl2F2N4O. The summed E-state index contributed by atoms with van der Waals surface area (Å²) in [5.41, 5.74) is 0.734. The first-order valence-electron chi connectivity index (χ1n) is 8.49. The monoisotopic (exact) mass is 422 g/mol. The van der Waals surface area contributed by atoms with Crippen molar-refractivity contribution in [3.63, 3.8) is 0 Å². The van der Waals surface area contributed by atoms with Gasteiger partial charge < -0.3 is 9.47 Å².